The SMILES string of the molecule is C/C=C(\c1ccccc1)c1ccc(-n2cc(OC(=O)O)c(N(C(=O)[C@H]3CC[C@H](C)CC3)C(C)C)n2)cc1. The van der Waals surface area contributed by atoms with E-state index in [0.717, 1.165) is 48.1 Å². The molecular formula is C30H35N3O4. The number of aromatic nitrogens is 2. The Hall–Kier alpha value is -3.87. The normalized spacial score (nSPS) is 18.0. The number of amides is 1. The monoisotopic (exact) mass is 501 g/mol. The molecule has 0 radical (unpaired) electrons. The molecule has 0 unspecified atom stereocenters. The molecule has 1 aromatic heterocycles. The molecule has 1 amide bonds. The van der Waals surface area contributed by atoms with Crippen LogP contribution in [-0.2, 0) is 4.79 Å². The van der Waals surface area contributed by atoms with Crippen LogP contribution in [0.3, 0.4) is 0 Å². The van der Waals surface area contributed by atoms with Gasteiger partial charge in [-0.3, -0.25) is 9.69 Å². The summed E-state index contributed by atoms with van der Waals surface area (Å²) in [4.78, 5) is 26.7. The van der Waals surface area contributed by atoms with E-state index in [1.807, 2.05) is 63.2 Å². The van der Waals surface area contributed by atoms with Gasteiger partial charge in [-0.15, -0.1) is 5.10 Å². The van der Waals surface area contributed by atoms with Gasteiger partial charge in [0.2, 0.25) is 11.7 Å². The first kappa shape index (κ1) is 26.2. The van der Waals surface area contributed by atoms with E-state index in [9.17, 15) is 14.7 Å². The van der Waals surface area contributed by atoms with Crippen molar-refractivity contribution in [1.82, 2.24) is 9.78 Å². The Labute approximate surface area is 218 Å². The molecule has 1 saturated carbocycles. The summed E-state index contributed by atoms with van der Waals surface area (Å²) in [6.45, 7) is 8.04. The maximum Gasteiger partial charge on any atom is 0.511 e. The molecule has 3 aromatic rings. The third kappa shape index (κ3) is 5.93. The number of carbonyl (C=O) groups excluding carboxylic acids is 1. The molecule has 1 fully saturated rings. The van der Waals surface area contributed by atoms with Crippen molar-refractivity contribution in [3.8, 4) is 11.4 Å². The van der Waals surface area contributed by atoms with Crippen molar-refractivity contribution >= 4 is 23.5 Å². The molecule has 2 aromatic carbocycles. The Morgan fingerprint density at radius 1 is 1.03 bits per heavy atom. The van der Waals surface area contributed by atoms with Gasteiger partial charge in [-0.05, 0) is 81.2 Å². The van der Waals surface area contributed by atoms with Crippen molar-refractivity contribution in [3.05, 3.63) is 78.0 Å². The average Bonchev–Trinajstić information content (AvgIpc) is 3.28. The molecule has 0 spiro atoms. The zero-order valence-corrected chi connectivity index (χ0v) is 21.9. The van der Waals surface area contributed by atoms with Gasteiger partial charge in [0.15, 0.2) is 5.75 Å². The minimum atomic E-state index is -1.45. The van der Waals surface area contributed by atoms with E-state index < -0.39 is 6.16 Å². The van der Waals surface area contributed by atoms with Crippen LogP contribution in [0.1, 0.15) is 64.5 Å². The van der Waals surface area contributed by atoms with Crippen LogP contribution >= 0.6 is 0 Å². The second kappa shape index (κ2) is 11.5. The van der Waals surface area contributed by atoms with Crippen molar-refractivity contribution in [1.29, 1.82) is 0 Å². The van der Waals surface area contributed by atoms with Gasteiger partial charge in [0.25, 0.3) is 0 Å². The molecule has 0 bridgehead atoms. The van der Waals surface area contributed by atoms with Crippen LogP contribution in [0.5, 0.6) is 5.75 Å². The van der Waals surface area contributed by atoms with Crippen molar-refractivity contribution in [2.45, 2.75) is 59.4 Å². The molecule has 1 aliphatic rings. The van der Waals surface area contributed by atoms with Gasteiger partial charge < -0.3 is 9.84 Å². The molecule has 4 rings (SSSR count). The van der Waals surface area contributed by atoms with Gasteiger partial charge in [-0.25, -0.2) is 9.48 Å². The third-order valence-electron chi connectivity index (χ3n) is 7.02. The van der Waals surface area contributed by atoms with Crippen LogP contribution < -0.4 is 9.64 Å². The molecule has 7 nitrogen and oxygen atoms in total. The molecule has 0 saturated heterocycles. The highest BCUT2D eigenvalue weighted by Crippen LogP contribution is 2.35. The Kier molecular flexibility index (Phi) is 8.11. The van der Waals surface area contributed by atoms with E-state index in [0.29, 0.717) is 5.92 Å². The van der Waals surface area contributed by atoms with Crippen LogP contribution in [0.2, 0.25) is 0 Å². The number of carboxylic acid groups (broad SMARTS) is 1. The van der Waals surface area contributed by atoms with E-state index in [2.05, 4.69) is 30.2 Å². The predicted molar refractivity (Wildman–Crippen MR) is 145 cm³/mol. The van der Waals surface area contributed by atoms with Gasteiger partial charge in [-0.2, -0.15) is 0 Å². The van der Waals surface area contributed by atoms with Crippen LogP contribution in [-0.4, -0.2) is 33.0 Å². The average molecular weight is 502 g/mol. The fraction of sp³-hybridized carbons (Fsp3) is 0.367. The molecular weight excluding hydrogens is 466 g/mol. The third-order valence-corrected chi connectivity index (χ3v) is 7.02. The molecule has 7 heteroatoms. The highest BCUT2D eigenvalue weighted by molar-refractivity contribution is 5.96. The van der Waals surface area contributed by atoms with E-state index in [1.165, 1.54) is 6.20 Å². The van der Waals surface area contributed by atoms with Crippen molar-refractivity contribution in [2.24, 2.45) is 11.8 Å². The summed E-state index contributed by atoms with van der Waals surface area (Å²) in [6, 6.07) is 17.8. The first-order valence-electron chi connectivity index (χ1n) is 12.9. The van der Waals surface area contributed by atoms with Crippen molar-refractivity contribution < 1.29 is 19.4 Å². The van der Waals surface area contributed by atoms with Gasteiger partial charge in [0.05, 0.1) is 11.9 Å². The number of hydrogen-bond donors (Lipinski definition) is 1. The second-order valence-electron chi connectivity index (χ2n) is 10.0. The number of hydrogen-bond acceptors (Lipinski definition) is 4. The van der Waals surface area contributed by atoms with E-state index in [1.54, 1.807) is 9.58 Å². The molecule has 1 N–H and O–H groups in total. The smallest absolute Gasteiger partial charge is 0.449 e. The van der Waals surface area contributed by atoms with Crippen molar-refractivity contribution in [2.75, 3.05) is 4.90 Å². The highest BCUT2D eigenvalue weighted by Gasteiger charge is 2.34. The molecule has 1 heterocycles. The minimum Gasteiger partial charge on any atom is -0.449 e. The summed E-state index contributed by atoms with van der Waals surface area (Å²) >= 11 is 0. The summed E-state index contributed by atoms with van der Waals surface area (Å²) < 4.78 is 6.67. The quantitative estimate of drug-likeness (QED) is 0.354. The number of rotatable bonds is 7. The lowest BCUT2D eigenvalue weighted by Crippen LogP contribution is -2.42. The van der Waals surface area contributed by atoms with Crippen LogP contribution in [0.15, 0.2) is 66.9 Å². The summed E-state index contributed by atoms with van der Waals surface area (Å²) in [6.07, 6.45) is 5.84. The summed E-state index contributed by atoms with van der Waals surface area (Å²) in [5.74, 6) is 0.760. The lowest BCUT2D eigenvalue weighted by Gasteiger charge is -2.32. The van der Waals surface area contributed by atoms with E-state index >= 15 is 0 Å². The van der Waals surface area contributed by atoms with Crippen LogP contribution in [0.25, 0.3) is 11.3 Å². The zero-order chi connectivity index (χ0) is 26.5. The highest BCUT2D eigenvalue weighted by atomic mass is 16.7. The lowest BCUT2D eigenvalue weighted by molar-refractivity contribution is -0.124. The number of benzene rings is 2. The molecule has 0 atom stereocenters. The fourth-order valence-corrected chi connectivity index (χ4v) is 5.03. The largest absolute Gasteiger partial charge is 0.511 e. The zero-order valence-electron chi connectivity index (χ0n) is 21.9. The number of anilines is 1. The number of allylic oxidation sites excluding steroid dienone is 1. The van der Waals surface area contributed by atoms with Crippen LogP contribution in [0.4, 0.5) is 10.6 Å². The Morgan fingerprint density at radius 2 is 1.65 bits per heavy atom. The minimum absolute atomic E-state index is 0.0293. The first-order chi connectivity index (χ1) is 17.8. The molecule has 0 aliphatic heterocycles. The Balaban J connectivity index is 1.67. The molecule has 194 valence electrons. The Morgan fingerprint density at radius 3 is 2.22 bits per heavy atom. The lowest BCUT2D eigenvalue weighted by atomic mass is 9.82. The maximum atomic E-state index is 13.6. The van der Waals surface area contributed by atoms with Gasteiger partial charge >= 0.3 is 6.16 Å². The predicted octanol–water partition coefficient (Wildman–Crippen LogP) is 6.95. The molecule has 37 heavy (non-hydrogen) atoms. The first-order valence-corrected chi connectivity index (χ1v) is 12.9. The van der Waals surface area contributed by atoms with E-state index in [4.69, 9.17) is 4.74 Å². The van der Waals surface area contributed by atoms with Gasteiger partial charge in [-0.1, -0.05) is 55.5 Å². The number of ether oxygens (including phenoxy) is 1. The number of nitrogens with zero attached hydrogens (tertiary/aromatic N) is 3. The topological polar surface area (TPSA) is 84.7 Å². The molecule has 1 aliphatic carbocycles. The second-order valence-corrected chi connectivity index (χ2v) is 10.0. The van der Waals surface area contributed by atoms with E-state index in [-0.39, 0.29) is 29.4 Å². The standard InChI is InChI=1S/C30H35N3O4/c1-5-26(22-9-7-6-8-10-22)23-15-17-25(18-16-23)32-19-27(37-30(35)36)28(31-32)33(20(2)3)29(34)24-13-11-21(4)12-14-24/h5-10,15-21,24H,11-14H2,1-4H3,(H,35,36)/b26-5+/t21-,24-. The summed E-state index contributed by atoms with van der Waals surface area (Å²) in [7, 11) is 0. The van der Waals surface area contributed by atoms with Crippen LogP contribution in [0, 0.1) is 11.8 Å². The summed E-state index contributed by atoms with van der Waals surface area (Å²) in [5, 5.41) is 14.0. The fourth-order valence-electron chi connectivity index (χ4n) is 5.03. The number of carbonyl (C=O) groups is 2. The Bertz CT molecular complexity index is 1250. The van der Waals surface area contributed by atoms with Crippen molar-refractivity contribution in [3.63, 3.8) is 0 Å². The summed E-state index contributed by atoms with van der Waals surface area (Å²) in [5.41, 5.74) is 4.02. The van der Waals surface area contributed by atoms with Gasteiger partial charge in [0.1, 0.15) is 0 Å². The van der Waals surface area contributed by atoms with Gasteiger partial charge in [0, 0.05) is 12.0 Å². The maximum absolute atomic E-state index is 13.6.